The first-order chi connectivity index (χ1) is 15.5. The summed E-state index contributed by atoms with van der Waals surface area (Å²) in [5.41, 5.74) is 1.82. The average molecular weight is 440 g/mol. The van der Waals surface area contributed by atoms with Crippen LogP contribution in [-0.4, -0.2) is 41.3 Å². The monoisotopic (exact) mass is 439 g/mol. The molecule has 1 aliphatic heterocycles. The molecule has 0 saturated heterocycles. The Bertz CT molecular complexity index is 1040. The van der Waals surface area contributed by atoms with Gasteiger partial charge >= 0.3 is 0 Å². The number of fused-ring (bicyclic) bond motifs is 1. The van der Waals surface area contributed by atoms with E-state index >= 15 is 0 Å². The molecule has 0 radical (unpaired) electrons. The van der Waals surface area contributed by atoms with Gasteiger partial charge in [0.1, 0.15) is 18.5 Å². The van der Waals surface area contributed by atoms with E-state index in [1.165, 1.54) is 0 Å². The third-order valence-electron chi connectivity index (χ3n) is 5.65. The summed E-state index contributed by atoms with van der Waals surface area (Å²) in [5, 5.41) is 18.0. The fraction of sp³-hybridized carbons (Fsp3) is 0.417. The number of hydrogen-bond donors (Lipinski definition) is 2. The van der Waals surface area contributed by atoms with Gasteiger partial charge in [-0.3, -0.25) is 0 Å². The Morgan fingerprint density at radius 2 is 1.97 bits per heavy atom. The molecule has 0 bridgehead atoms. The first-order valence-electron chi connectivity index (χ1n) is 10.9. The van der Waals surface area contributed by atoms with Crippen molar-refractivity contribution in [3.63, 3.8) is 0 Å². The number of para-hydroxylation sites is 1. The number of aromatic nitrogens is 2. The quantitative estimate of drug-likeness (QED) is 0.491. The van der Waals surface area contributed by atoms with Gasteiger partial charge in [-0.25, -0.2) is 0 Å². The van der Waals surface area contributed by atoms with Crippen molar-refractivity contribution >= 4 is 0 Å². The molecule has 0 fully saturated rings. The van der Waals surface area contributed by atoms with Crippen molar-refractivity contribution in [2.24, 2.45) is 5.92 Å². The van der Waals surface area contributed by atoms with Crippen molar-refractivity contribution in [3.8, 4) is 28.6 Å². The third-order valence-corrected chi connectivity index (χ3v) is 5.65. The van der Waals surface area contributed by atoms with Crippen molar-refractivity contribution in [3.05, 3.63) is 53.9 Å². The Hall–Kier alpha value is -3.10. The lowest BCUT2D eigenvalue weighted by molar-refractivity contribution is 0.0983. The Morgan fingerprint density at radius 3 is 2.78 bits per heavy atom. The van der Waals surface area contributed by atoms with E-state index in [0.29, 0.717) is 29.8 Å². The standard InChI is InChI=1S/C24H29N3O5/c1-4-15(2)22(25-12-18(28)13-29-19-8-6-5-7-16(19)3)24-26-23(27-32-24)17-9-10-20-21(11-17)31-14-30-20/h5-11,15,18,22,25,28H,4,12-14H2,1-3H3/t15-,18+,22+/m0/s1. The van der Waals surface area contributed by atoms with Crippen LogP contribution in [0.15, 0.2) is 47.0 Å². The van der Waals surface area contributed by atoms with Crippen molar-refractivity contribution in [1.82, 2.24) is 15.5 Å². The van der Waals surface area contributed by atoms with Gasteiger partial charge < -0.3 is 29.2 Å². The highest BCUT2D eigenvalue weighted by molar-refractivity contribution is 5.61. The number of benzene rings is 2. The lowest BCUT2D eigenvalue weighted by Crippen LogP contribution is -2.36. The zero-order chi connectivity index (χ0) is 22.5. The van der Waals surface area contributed by atoms with Crippen LogP contribution in [0.3, 0.4) is 0 Å². The topological polar surface area (TPSA) is 98.9 Å². The minimum Gasteiger partial charge on any atom is -0.491 e. The highest BCUT2D eigenvalue weighted by Crippen LogP contribution is 2.35. The zero-order valence-corrected chi connectivity index (χ0v) is 18.6. The number of hydrogen-bond acceptors (Lipinski definition) is 8. The summed E-state index contributed by atoms with van der Waals surface area (Å²) in [5.74, 6) is 3.34. The number of aryl methyl sites for hydroxylation is 1. The van der Waals surface area contributed by atoms with Gasteiger partial charge in [0.15, 0.2) is 11.5 Å². The molecular formula is C24H29N3O5. The predicted octanol–water partition coefficient (Wildman–Crippen LogP) is 3.89. The predicted molar refractivity (Wildman–Crippen MR) is 119 cm³/mol. The summed E-state index contributed by atoms with van der Waals surface area (Å²) in [6.45, 7) is 6.93. The van der Waals surface area contributed by atoms with Crippen LogP contribution in [-0.2, 0) is 0 Å². The van der Waals surface area contributed by atoms with E-state index in [1.807, 2.05) is 49.4 Å². The summed E-state index contributed by atoms with van der Waals surface area (Å²) in [4.78, 5) is 4.61. The number of aliphatic hydroxyl groups excluding tert-OH is 1. The Morgan fingerprint density at radius 1 is 1.16 bits per heavy atom. The van der Waals surface area contributed by atoms with Crippen LogP contribution in [0.25, 0.3) is 11.4 Å². The highest BCUT2D eigenvalue weighted by Gasteiger charge is 2.26. The lowest BCUT2D eigenvalue weighted by atomic mass is 9.99. The normalized spacial score (nSPS) is 15.4. The van der Waals surface area contributed by atoms with Crippen LogP contribution in [0, 0.1) is 12.8 Å². The van der Waals surface area contributed by atoms with Gasteiger partial charge in [0.05, 0.1) is 6.04 Å². The Kier molecular flexibility index (Phi) is 6.92. The molecule has 0 saturated carbocycles. The van der Waals surface area contributed by atoms with E-state index in [2.05, 4.69) is 29.3 Å². The zero-order valence-electron chi connectivity index (χ0n) is 18.6. The summed E-state index contributed by atoms with van der Waals surface area (Å²) in [6.07, 6.45) is 0.229. The molecule has 8 nitrogen and oxygen atoms in total. The van der Waals surface area contributed by atoms with E-state index < -0.39 is 6.10 Å². The fourth-order valence-electron chi connectivity index (χ4n) is 3.51. The summed E-state index contributed by atoms with van der Waals surface area (Å²) in [7, 11) is 0. The smallest absolute Gasteiger partial charge is 0.244 e. The SMILES string of the molecule is CC[C@H](C)[C@@H](NC[C@@H](O)COc1ccccc1C)c1nc(-c2ccc3c(c2)OCO3)no1. The molecule has 0 unspecified atom stereocenters. The molecule has 3 atom stereocenters. The van der Waals surface area contributed by atoms with Crippen LogP contribution < -0.4 is 19.5 Å². The van der Waals surface area contributed by atoms with Crippen LogP contribution in [0.4, 0.5) is 0 Å². The molecule has 2 aromatic carbocycles. The summed E-state index contributed by atoms with van der Waals surface area (Å²) >= 11 is 0. The second-order valence-corrected chi connectivity index (χ2v) is 8.03. The second-order valence-electron chi connectivity index (χ2n) is 8.03. The van der Waals surface area contributed by atoms with Gasteiger partial charge in [-0.05, 0) is 42.7 Å². The fourth-order valence-corrected chi connectivity index (χ4v) is 3.51. The van der Waals surface area contributed by atoms with Crippen molar-refractivity contribution in [1.29, 1.82) is 0 Å². The minimum atomic E-state index is -0.683. The maximum atomic E-state index is 10.4. The number of aliphatic hydroxyl groups is 1. The van der Waals surface area contributed by atoms with E-state index in [1.54, 1.807) is 0 Å². The molecule has 170 valence electrons. The van der Waals surface area contributed by atoms with E-state index in [4.69, 9.17) is 18.7 Å². The molecule has 2 N–H and O–H groups in total. The van der Waals surface area contributed by atoms with E-state index in [-0.39, 0.29) is 25.4 Å². The van der Waals surface area contributed by atoms with Crippen molar-refractivity contribution in [2.75, 3.05) is 19.9 Å². The maximum absolute atomic E-state index is 10.4. The number of nitrogens with zero attached hydrogens (tertiary/aromatic N) is 2. The molecule has 4 rings (SSSR count). The van der Waals surface area contributed by atoms with Gasteiger partial charge in [-0.15, -0.1) is 0 Å². The average Bonchev–Trinajstić information content (AvgIpc) is 3.47. The van der Waals surface area contributed by atoms with Gasteiger partial charge in [0.25, 0.3) is 0 Å². The number of ether oxygens (including phenoxy) is 3. The van der Waals surface area contributed by atoms with Crippen molar-refractivity contribution in [2.45, 2.75) is 39.3 Å². The van der Waals surface area contributed by atoms with Crippen LogP contribution in [0.2, 0.25) is 0 Å². The van der Waals surface area contributed by atoms with Crippen LogP contribution in [0.5, 0.6) is 17.2 Å². The molecule has 3 aromatic rings. The number of nitrogens with one attached hydrogen (secondary N) is 1. The Balaban J connectivity index is 1.40. The molecule has 1 aliphatic rings. The van der Waals surface area contributed by atoms with Crippen molar-refractivity contribution < 1.29 is 23.8 Å². The van der Waals surface area contributed by atoms with Crippen LogP contribution in [0.1, 0.15) is 37.8 Å². The largest absolute Gasteiger partial charge is 0.491 e. The summed E-state index contributed by atoms with van der Waals surface area (Å²) in [6, 6.07) is 13.1. The van der Waals surface area contributed by atoms with E-state index in [9.17, 15) is 5.11 Å². The molecule has 0 spiro atoms. The molecule has 2 heterocycles. The van der Waals surface area contributed by atoms with E-state index in [0.717, 1.165) is 23.3 Å². The molecule has 0 aliphatic carbocycles. The first-order valence-corrected chi connectivity index (χ1v) is 10.9. The maximum Gasteiger partial charge on any atom is 0.244 e. The van der Waals surface area contributed by atoms with Gasteiger partial charge in [0.2, 0.25) is 18.5 Å². The number of rotatable bonds is 10. The van der Waals surface area contributed by atoms with Gasteiger partial charge in [-0.1, -0.05) is 43.6 Å². The molecule has 32 heavy (non-hydrogen) atoms. The highest BCUT2D eigenvalue weighted by atomic mass is 16.7. The first kappa shape index (κ1) is 22.1. The van der Waals surface area contributed by atoms with Gasteiger partial charge in [0, 0.05) is 12.1 Å². The summed E-state index contributed by atoms with van der Waals surface area (Å²) < 4.78 is 22.1. The third kappa shape index (κ3) is 5.03. The molecule has 0 amide bonds. The minimum absolute atomic E-state index is 0.191. The van der Waals surface area contributed by atoms with Crippen LogP contribution >= 0.6 is 0 Å². The Labute approximate surface area is 187 Å². The molecule has 1 aromatic heterocycles. The van der Waals surface area contributed by atoms with Gasteiger partial charge in [-0.2, -0.15) is 4.98 Å². The molecule has 8 heteroatoms. The second kappa shape index (κ2) is 10.0. The molecular weight excluding hydrogens is 410 g/mol. The lowest BCUT2D eigenvalue weighted by Gasteiger charge is -2.22.